The number of carbonyl (C=O) groups excluding carboxylic acids is 1. The molecule has 0 fully saturated rings. The molecule has 1 aromatic carbocycles. The van der Waals surface area contributed by atoms with Gasteiger partial charge in [-0.15, -0.1) is 0 Å². The van der Waals surface area contributed by atoms with Crippen molar-refractivity contribution in [2.75, 3.05) is 5.32 Å². The third-order valence-electron chi connectivity index (χ3n) is 2.55. The Kier molecular flexibility index (Phi) is 3.38. The van der Waals surface area contributed by atoms with Crippen LogP contribution in [0.15, 0.2) is 36.7 Å². The van der Waals surface area contributed by atoms with Crippen molar-refractivity contribution in [2.24, 2.45) is 5.92 Å². The van der Waals surface area contributed by atoms with Gasteiger partial charge in [0, 0.05) is 35.3 Å². The Hall–Kier alpha value is -1.90. The molecule has 3 nitrogen and oxygen atoms in total. The summed E-state index contributed by atoms with van der Waals surface area (Å²) in [5.74, 6) is 0.427. The van der Waals surface area contributed by atoms with E-state index in [2.05, 4.69) is 10.3 Å². The van der Waals surface area contributed by atoms with Gasteiger partial charge in [0.1, 0.15) is 0 Å². The lowest BCUT2D eigenvalue weighted by atomic mass is 10.1. The summed E-state index contributed by atoms with van der Waals surface area (Å²) in [6, 6.07) is 7.75. The smallest absolute Gasteiger partial charge is 0.224 e. The summed E-state index contributed by atoms with van der Waals surface area (Å²) in [5, 5.41) is 5.01. The average molecular weight is 228 g/mol. The van der Waals surface area contributed by atoms with E-state index in [1.807, 2.05) is 38.1 Å². The summed E-state index contributed by atoms with van der Waals surface area (Å²) in [4.78, 5) is 15.8. The highest BCUT2D eigenvalue weighted by Gasteiger charge is 2.07. The van der Waals surface area contributed by atoms with Gasteiger partial charge < -0.3 is 5.32 Å². The van der Waals surface area contributed by atoms with Crippen molar-refractivity contribution in [3.8, 4) is 0 Å². The fraction of sp³-hybridized carbons (Fsp3) is 0.286. The minimum Gasteiger partial charge on any atom is -0.326 e. The number of benzene rings is 1. The molecule has 0 spiro atoms. The first-order valence-electron chi connectivity index (χ1n) is 5.79. The Labute approximate surface area is 101 Å². The third kappa shape index (κ3) is 2.81. The number of fused-ring (bicyclic) bond motifs is 1. The van der Waals surface area contributed by atoms with Crippen LogP contribution >= 0.6 is 0 Å². The number of hydrogen-bond acceptors (Lipinski definition) is 2. The molecule has 1 aromatic heterocycles. The molecule has 88 valence electrons. The topological polar surface area (TPSA) is 42.0 Å². The molecule has 0 saturated heterocycles. The first kappa shape index (κ1) is 11.6. The molecule has 0 atom stereocenters. The molecule has 0 unspecified atom stereocenters. The van der Waals surface area contributed by atoms with Crippen LogP contribution in [-0.4, -0.2) is 10.9 Å². The quantitative estimate of drug-likeness (QED) is 0.876. The van der Waals surface area contributed by atoms with Gasteiger partial charge in [0.15, 0.2) is 0 Å². The minimum atomic E-state index is 0.0595. The summed E-state index contributed by atoms with van der Waals surface area (Å²) in [6.45, 7) is 4.07. The molecule has 0 saturated carbocycles. The maximum absolute atomic E-state index is 11.7. The number of hydrogen-bond donors (Lipinski definition) is 1. The second kappa shape index (κ2) is 4.95. The zero-order chi connectivity index (χ0) is 12.3. The lowest BCUT2D eigenvalue weighted by Crippen LogP contribution is -2.13. The maximum atomic E-state index is 11.7. The van der Waals surface area contributed by atoms with E-state index in [4.69, 9.17) is 0 Å². The molecule has 1 amide bonds. The van der Waals surface area contributed by atoms with Crippen molar-refractivity contribution in [1.82, 2.24) is 4.98 Å². The Bertz CT molecular complexity index is 529. The molecule has 0 aliphatic heterocycles. The first-order chi connectivity index (χ1) is 8.16. The predicted molar refractivity (Wildman–Crippen MR) is 69.8 cm³/mol. The summed E-state index contributed by atoms with van der Waals surface area (Å²) in [5.41, 5.74) is 0.857. The molecule has 2 aromatic rings. The van der Waals surface area contributed by atoms with E-state index in [9.17, 15) is 4.79 Å². The summed E-state index contributed by atoms with van der Waals surface area (Å²) in [6.07, 6.45) is 4.08. The van der Waals surface area contributed by atoms with Crippen LogP contribution in [0.3, 0.4) is 0 Å². The first-order valence-corrected chi connectivity index (χ1v) is 5.79. The van der Waals surface area contributed by atoms with Gasteiger partial charge in [-0.3, -0.25) is 9.78 Å². The third-order valence-corrected chi connectivity index (χ3v) is 2.55. The Morgan fingerprint density at radius 2 is 2.18 bits per heavy atom. The molecule has 17 heavy (non-hydrogen) atoms. The van der Waals surface area contributed by atoms with Crippen molar-refractivity contribution in [1.29, 1.82) is 0 Å². The van der Waals surface area contributed by atoms with Crippen molar-refractivity contribution in [2.45, 2.75) is 20.3 Å². The van der Waals surface area contributed by atoms with Crippen molar-refractivity contribution in [3.05, 3.63) is 36.7 Å². The fourth-order valence-electron chi connectivity index (χ4n) is 1.80. The summed E-state index contributed by atoms with van der Waals surface area (Å²) >= 11 is 0. The van der Waals surface area contributed by atoms with Crippen LogP contribution in [-0.2, 0) is 4.79 Å². The number of nitrogens with zero attached hydrogens (tertiary/aromatic N) is 1. The van der Waals surface area contributed by atoms with Crippen LogP contribution in [0.2, 0.25) is 0 Å². The molecule has 0 bridgehead atoms. The van der Waals surface area contributed by atoms with Gasteiger partial charge in [0.05, 0.1) is 0 Å². The van der Waals surface area contributed by atoms with E-state index in [1.165, 1.54) is 0 Å². The lowest BCUT2D eigenvalue weighted by Gasteiger charge is -2.09. The number of anilines is 1. The highest BCUT2D eigenvalue weighted by molar-refractivity contribution is 6.01. The number of aromatic nitrogens is 1. The van der Waals surface area contributed by atoms with Crippen LogP contribution in [0, 0.1) is 5.92 Å². The minimum absolute atomic E-state index is 0.0595. The average Bonchev–Trinajstić information content (AvgIpc) is 2.28. The molecule has 0 aliphatic carbocycles. The van der Waals surface area contributed by atoms with E-state index >= 15 is 0 Å². The maximum Gasteiger partial charge on any atom is 0.224 e. The van der Waals surface area contributed by atoms with E-state index in [0.717, 1.165) is 16.5 Å². The SMILES string of the molecule is CC(C)CC(=O)Nc1cccc2cnccc12. The lowest BCUT2D eigenvalue weighted by molar-refractivity contribution is -0.116. The number of nitrogens with one attached hydrogen (secondary N) is 1. The summed E-state index contributed by atoms with van der Waals surface area (Å²) < 4.78 is 0. The predicted octanol–water partition coefficient (Wildman–Crippen LogP) is 3.22. The molecule has 0 aliphatic rings. The van der Waals surface area contributed by atoms with Crippen molar-refractivity contribution in [3.63, 3.8) is 0 Å². The van der Waals surface area contributed by atoms with Gasteiger partial charge in [-0.2, -0.15) is 0 Å². The van der Waals surface area contributed by atoms with E-state index < -0.39 is 0 Å². The van der Waals surface area contributed by atoms with Crippen LogP contribution in [0.1, 0.15) is 20.3 Å². The number of rotatable bonds is 3. The van der Waals surface area contributed by atoms with Crippen molar-refractivity contribution >= 4 is 22.4 Å². The molecule has 0 radical (unpaired) electrons. The standard InChI is InChI=1S/C14H16N2O/c1-10(2)8-14(17)16-13-5-3-4-11-9-15-7-6-12(11)13/h3-7,9-10H,8H2,1-2H3,(H,16,17). The fourth-order valence-corrected chi connectivity index (χ4v) is 1.80. The second-order valence-electron chi connectivity index (χ2n) is 4.55. The Morgan fingerprint density at radius 1 is 1.35 bits per heavy atom. The molecule has 1 N–H and O–H groups in total. The van der Waals surface area contributed by atoms with Crippen LogP contribution in [0.5, 0.6) is 0 Å². The van der Waals surface area contributed by atoms with E-state index in [-0.39, 0.29) is 5.91 Å². The normalized spacial score (nSPS) is 10.8. The molecule has 1 heterocycles. The van der Waals surface area contributed by atoms with Gasteiger partial charge in [0.2, 0.25) is 5.91 Å². The van der Waals surface area contributed by atoms with Gasteiger partial charge in [-0.1, -0.05) is 26.0 Å². The highest BCUT2D eigenvalue weighted by atomic mass is 16.1. The number of amides is 1. The Balaban J connectivity index is 2.27. The van der Waals surface area contributed by atoms with Crippen LogP contribution < -0.4 is 5.32 Å². The molecule has 2 rings (SSSR count). The molecular weight excluding hydrogens is 212 g/mol. The van der Waals surface area contributed by atoms with Gasteiger partial charge in [0.25, 0.3) is 0 Å². The molecular formula is C14H16N2O. The van der Waals surface area contributed by atoms with Gasteiger partial charge in [-0.25, -0.2) is 0 Å². The number of carbonyl (C=O) groups is 1. The van der Waals surface area contributed by atoms with Gasteiger partial charge >= 0.3 is 0 Å². The molecule has 3 heteroatoms. The van der Waals surface area contributed by atoms with Crippen molar-refractivity contribution < 1.29 is 4.79 Å². The van der Waals surface area contributed by atoms with E-state index in [1.54, 1.807) is 12.4 Å². The second-order valence-corrected chi connectivity index (χ2v) is 4.55. The zero-order valence-electron chi connectivity index (χ0n) is 10.1. The zero-order valence-corrected chi connectivity index (χ0v) is 10.1. The van der Waals surface area contributed by atoms with Gasteiger partial charge in [-0.05, 0) is 18.1 Å². The summed E-state index contributed by atoms with van der Waals surface area (Å²) in [7, 11) is 0. The Morgan fingerprint density at radius 3 is 2.94 bits per heavy atom. The van der Waals surface area contributed by atoms with Crippen LogP contribution in [0.4, 0.5) is 5.69 Å². The van der Waals surface area contributed by atoms with Crippen LogP contribution in [0.25, 0.3) is 10.8 Å². The highest BCUT2D eigenvalue weighted by Crippen LogP contribution is 2.22. The number of pyridine rings is 1. The monoisotopic (exact) mass is 228 g/mol. The van der Waals surface area contributed by atoms with E-state index in [0.29, 0.717) is 12.3 Å². The largest absolute Gasteiger partial charge is 0.326 e.